The molecule has 0 aromatic heterocycles. The van der Waals surface area contributed by atoms with Gasteiger partial charge in [0.1, 0.15) is 0 Å². The Morgan fingerprint density at radius 2 is 1.93 bits per heavy atom. The summed E-state index contributed by atoms with van der Waals surface area (Å²) in [5.74, 6) is 1.08. The van der Waals surface area contributed by atoms with Crippen molar-refractivity contribution in [3.63, 3.8) is 0 Å². The Labute approximate surface area is 97.4 Å². The number of nitrogens with two attached hydrogens (primary N) is 1. The summed E-state index contributed by atoms with van der Waals surface area (Å²) in [6.45, 7) is 9.47. The molecule has 1 rings (SSSR count). The van der Waals surface area contributed by atoms with E-state index in [-0.39, 0.29) is 5.41 Å². The Bertz CT molecular complexity index is 331. The summed E-state index contributed by atoms with van der Waals surface area (Å²) in [7, 11) is 0. The largest absolute Gasteiger partial charge is 0.330 e. The van der Waals surface area contributed by atoms with E-state index < -0.39 is 0 Å². The fraction of sp³-hybridized carbons (Fsp3) is 0.538. The molecule has 1 nitrogen and oxygen atoms in total. The third-order valence-electron chi connectivity index (χ3n) is 2.50. The van der Waals surface area contributed by atoms with Crippen molar-refractivity contribution in [2.24, 2.45) is 11.1 Å². The normalized spacial score (nSPS) is 11.8. The van der Waals surface area contributed by atoms with E-state index >= 15 is 0 Å². The maximum Gasteiger partial charge on any atom is 0.0102 e. The number of rotatable bonds is 4. The predicted octanol–water partition coefficient (Wildman–Crippen LogP) is 3.38. The van der Waals surface area contributed by atoms with Gasteiger partial charge >= 0.3 is 0 Å². The van der Waals surface area contributed by atoms with Crippen LogP contribution in [0.2, 0.25) is 0 Å². The average molecular weight is 223 g/mol. The van der Waals surface area contributed by atoms with Gasteiger partial charge in [-0.15, -0.1) is 11.8 Å². The summed E-state index contributed by atoms with van der Waals surface area (Å²) >= 11 is 1.91. The zero-order valence-corrected chi connectivity index (χ0v) is 10.9. The molecule has 0 fully saturated rings. The molecule has 0 saturated carbocycles. The second-order valence-corrected chi connectivity index (χ2v) is 5.94. The van der Waals surface area contributed by atoms with Crippen LogP contribution in [-0.4, -0.2) is 12.3 Å². The van der Waals surface area contributed by atoms with Crippen LogP contribution in [0.3, 0.4) is 0 Å². The van der Waals surface area contributed by atoms with Gasteiger partial charge in [0.15, 0.2) is 0 Å². The molecule has 1 aromatic carbocycles. The van der Waals surface area contributed by atoms with Crippen molar-refractivity contribution in [2.45, 2.75) is 32.6 Å². The molecule has 0 heterocycles. The van der Waals surface area contributed by atoms with Gasteiger partial charge in [0, 0.05) is 10.6 Å². The maximum atomic E-state index is 5.72. The lowest BCUT2D eigenvalue weighted by molar-refractivity contribution is 0.438. The van der Waals surface area contributed by atoms with Crippen molar-refractivity contribution in [1.29, 1.82) is 0 Å². The molecule has 0 amide bonds. The second kappa shape index (κ2) is 5.04. The highest BCUT2D eigenvalue weighted by atomic mass is 32.2. The van der Waals surface area contributed by atoms with Gasteiger partial charge in [0.25, 0.3) is 0 Å². The van der Waals surface area contributed by atoms with Crippen molar-refractivity contribution in [3.05, 3.63) is 29.3 Å². The molecular weight excluding hydrogens is 202 g/mol. The third kappa shape index (κ3) is 3.88. The summed E-state index contributed by atoms with van der Waals surface area (Å²) in [5.41, 5.74) is 8.64. The standard InChI is InChI=1S/C13H21NS/c1-10-5-6-12(11(2)7-10)15-9-13(3,4)8-14/h5-7H,8-9,14H2,1-4H3. The highest BCUT2D eigenvalue weighted by molar-refractivity contribution is 7.99. The average Bonchev–Trinajstić information content (AvgIpc) is 2.16. The molecule has 0 spiro atoms. The quantitative estimate of drug-likeness (QED) is 0.792. The van der Waals surface area contributed by atoms with Gasteiger partial charge in [-0.1, -0.05) is 31.5 Å². The highest BCUT2D eigenvalue weighted by Crippen LogP contribution is 2.29. The molecule has 1 aromatic rings. The molecule has 0 aliphatic rings. The van der Waals surface area contributed by atoms with E-state index in [1.54, 1.807) is 0 Å². The van der Waals surface area contributed by atoms with Gasteiger partial charge in [-0.05, 0) is 37.4 Å². The minimum Gasteiger partial charge on any atom is -0.330 e. The molecule has 0 aliphatic heterocycles. The third-order valence-corrected chi connectivity index (χ3v) is 4.20. The van der Waals surface area contributed by atoms with E-state index in [1.165, 1.54) is 16.0 Å². The summed E-state index contributed by atoms with van der Waals surface area (Å²) in [4.78, 5) is 1.38. The number of thioether (sulfide) groups is 1. The predicted molar refractivity (Wildman–Crippen MR) is 69.5 cm³/mol. The molecule has 0 atom stereocenters. The fourth-order valence-electron chi connectivity index (χ4n) is 1.29. The van der Waals surface area contributed by atoms with Crippen LogP contribution < -0.4 is 5.73 Å². The lowest BCUT2D eigenvalue weighted by Gasteiger charge is -2.22. The van der Waals surface area contributed by atoms with Gasteiger partial charge in [0.2, 0.25) is 0 Å². The van der Waals surface area contributed by atoms with Crippen LogP contribution in [0.5, 0.6) is 0 Å². The van der Waals surface area contributed by atoms with Crippen molar-refractivity contribution >= 4 is 11.8 Å². The van der Waals surface area contributed by atoms with E-state index in [1.807, 2.05) is 11.8 Å². The fourth-order valence-corrected chi connectivity index (χ4v) is 2.41. The van der Waals surface area contributed by atoms with Crippen molar-refractivity contribution < 1.29 is 0 Å². The summed E-state index contributed by atoms with van der Waals surface area (Å²) in [5, 5.41) is 0. The van der Waals surface area contributed by atoms with Crippen LogP contribution >= 0.6 is 11.8 Å². The smallest absolute Gasteiger partial charge is 0.0102 e. The van der Waals surface area contributed by atoms with Gasteiger partial charge in [-0.25, -0.2) is 0 Å². The Balaban J connectivity index is 2.66. The van der Waals surface area contributed by atoms with Gasteiger partial charge in [-0.2, -0.15) is 0 Å². The first kappa shape index (κ1) is 12.6. The molecule has 0 saturated heterocycles. The summed E-state index contributed by atoms with van der Waals surface area (Å²) in [6, 6.07) is 6.62. The van der Waals surface area contributed by atoms with Crippen LogP contribution in [0.25, 0.3) is 0 Å². The van der Waals surface area contributed by atoms with E-state index in [0.29, 0.717) is 0 Å². The van der Waals surface area contributed by atoms with Crippen LogP contribution in [0.1, 0.15) is 25.0 Å². The molecule has 0 radical (unpaired) electrons. The van der Waals surface area contributed by atoms with E-state index in [0.717, 1.165) is 12.3 Å². The Hall–Kier alpha value is -0.470. The molecule has 0 unspecified atom stereocenters. The Morgan fingerprint density at radius 3 is 2.47 bits per heavy atom. The van der Waals surface area contributed by atoms with Gasteiger partial charge in [0.05, 0.1) is 0 Å². The number of hydrogen-bond donors (Lipinski definition) is 1. The Kier molecular flexibility index (Phi) is 4.23. The van der Waals surface area contributed by atoms with E-state index in [9.17, 15) is 0 Å². The molecular formula is C13H21NS. The molecule has 84 valence electrons. The second-order valence-electron chi connectivity index (χ2n) is 4.93. The molecule has 2 N–H and O–H groups in total. The first-order valence-electron chi connectivity index (χ1n) is 5.35. The van der Waals surface area contributed by atoms with Crippen molar-refractivity contribution in [2.75, 3.05) is 12.3 Å². The minimum atomic E-state index is 0.224. The van der Waals surface area contributed by atoms with Crippen LogP contribution in [0, 0.1) is 19.3 Å². The summed E-state index contributed by atoms with van der Waals surface area (Å²) in [6.07, 6.45) is 0. The minimum absolute atomic E-state index is 0.224. The highest BCUT2D eigenvalue weighted by Gasteiger charge is 2.16. The topological polar surface area (TPSA) is 26.0 Å². The number of hydrogen-bond acceptors (Lipinski definition) is 2. The summed E-state index contributed by atoms with van der Waals surface area (Å²) < 4.78 is 0. The van der Waals surface area contributed by atoms with Gasteiger partial charge < -0.3 is 5.73 Å². The van der Waals surface area contributed by atoms with E-state index in [2.05, 4.69) is 45.9 Å². The SMILES string of the molecule is Cc1ccc(SCC(C)(C)CN)c(C)c1. The number of aryl methyl sites for hydroxylation is 2. The number of benzene rings is 1. The zero-order valence-electron chi connectivity index (χ0n) is 10.1. The van der Waals surface area contributed by atoms with Crippen LogP contribution in [-0.2, 0) is 0 Å². The molecule has 2 heteroatoms. The lowest BCUT2D eigenvalue weighted by Crippen LogP contribution is -2.25. The molecule has 0 bridgehead atoms. The Morgan fingerprint density at radius 1 is 1.27 bits per heavy atom. The molecule has 15 heavy (non-hydrogen) atoms. The van der Waals surface area contributed by atoms with Gasteiger partial charge in [-0.3, -0.25) is 0 Å². The monoisotopic (exact) mass is 223 g/mol. The van der Waals surface area contributed by atoms with Crippen molar-refractivity contribution in [3.8, 4) is 0 Å². The maximum absolute atomic E-state index is 5.72. The lowest BCUT2D eigenvalue weighted by atomic mass is 9.97. The van der Waals surface area contributed by atoms with Crippen LogP contribution in [0.4, 0.5) is 0 Å². The van der Waals surface area contributed by atoms with E-state index in [4.69, 9.17) is 5.73 Å². The zero-order chi connectivity index (χ0) is 11.5. The van der Waals surface area contributed by atoms with Crippen molar-refractivity contribution in [1.82, 2.24) is 0 Å². The molecule has 0 aliphatic carbocycles. The first-order valence-corrected chi connectivity index (χ1v) is 6.33. The van der Waals surface area contributed by atoms with Crippen LogP contribution in [0.15, 0.2) is 23.1 Å². The first-order chi connectivity index (χ1) is 6.94.